The second kappa shape index (κ2) is 14.9. The highest BCUT2D eigenvalue weighted by Gasteiger charge is 2.32. The minimum Gasteiger partial charge on any atom is -0.494 e. The van der Waals surface area contributed by atoms with Gasteiger partial charge in [0.1, 0.15) is 29.2 Å². The number of hydrogen-bond acceptors (Lipinski definition) is 6. The summed E-state index contributed by atoms with van der Waals surface area (Å²) in [6.45, 7) is 10.6. The molecule has 0 saturated carbocycles. The van der Waals surface area contributed by atoms with Crippen LogP contribution in [0.25, 0.3) is 0 Å². The summed E-state index contributed by atoms with van der Waals surface area (Å²) in [6.07, 6.45) is -0.904. The smallest absolute Gasteiger partial charge is 0.227 e. The van der Waals surface area contributed by atoms with Crippen molar-refractivity contribution in [3.8, 4) is 23.0 Å². The van der Waals surface area contributed by atoms with Gasteiger partial charge in [-0.05, 0) is 58.9 Å². The van der Waals surface area contributed by atoms with Crippen LogP contribution in [0.1, 0.15) is 34.6 Å². The van der Waals surface area contributed by atoms with Gasteiger partial charge in [-0.3, -0.25) is 20.6 Å². The number of anilines is 2. The Hall–Kier alpha value is -4.88. The Morgan fingerprint density at radius 3 is 1.32 bits per heavy atom. The molecule has 2 rings (SSSR count). The first-order chi connectivity index (χ1) is 19.1. The molecule has 0 aliphatic rings. The molecule has 2 aromatic rings. The van der Waals surface area contributed by atoms with Gasteiger partial charge in [-0.25, -0.2) is 0 Å². The minimum atomic E-state index is -0.904. The lowest BCUT2D eigenvalue weighted by Crippen LogP contribution is -2.52. The second-order valence-corrected chi connectivity index (χ2v) is 8.08. The lowest BCUT2D eigenvalue weighted by molar-refractivity contribution is 0.330. The number of nitrogens with two attached hydrogens (primary N) is 4. The number of guanidine groups is 4. The minimum absolute atomic E-state index is 0.333. The molecule has 0 aliphatic carbocycles. The fraction of sp³-hybridized carbons (Fsp3) is 0.385. The van der Waals surface area contributed by atoms with Gasteiger partial charge in [0.25, 0.3) is 0 Å². The molecule has 14 nitrogen and oxygen atoms in total. The first-order valence-corrected chi connectivity index (χ1v) is 12.8. The zero-order chi connectivity index (χ0) is 29.8. The van der Waals surface area contributed by atoms with Gasteiger partial charge in [0.15, 0.2) is 11.9 Å². The SMILES string of the molecule is CCOc1ccc(OCC)c(N(C(=N)N=C(N)N)C(C)N(C(=N)N=C(N)N)c2cc(OCC)ccc2OCC)c1. The van der Waals surface area contributed by atoms with Crippen LogP contribution in [0.4, 0.5) is 11.4 Å². The van der Waals surface area contributed by atoms with Crippen molar-refractivity contribution < 1.29 is 18.9 Å². The summed E-state index contributed by atoms with van der Waals surface area (Å²) in [5.41, 5.74) is 23.5. The summed E-state index contributed by atoms with van der Waals surface area (Å²) < 4.78 is 23.2. The third kappa shape index (κ3) is 8.06. The van der Waals surface area contributed by atoms with Crippen LogP contribution in [0.3, 0.4) is 0 Å². The van der Waals surface area contributed by atoms with Crippen LogP contribution in [-0.4, -0.2) is 56.4 Å². The first kappa shape index (κ1) is 31.3. The third-order valence-corrected chi connectivity index (χ3v) is 5.28. The molecule has 0 fully saturated rings. The molecule has 0 atom stereocenters. The van der Waals surface area contributed by atoms with E-state index in [0.717, 1.165) is 0 Å². The van der Waals surface area contributed by atoms with Gasteiger partial charge in [0, 0.05) is 12.1 Å². The lowest BCUT2D eigenvalue weighted by atomic mass is 10.2. The summed E-state index contributed by atoms with van der Waals surface area (Å²) in [5, 5.41) is 17.7. The predicted molar refractivity (Wildman–Crippen MR) is 159 cm³/mol. The van der Waals surface area contributed by atoms with Crippen LogP contribution in [0, 0.1) is 10.8 Å². The highest BCUT2D eigenvalue weighted by Crippen LogP contribution is 2.39. The van der Waals surface area contributed by atoms with Gasteiger partial charge < -0.3 is 41.9 Å². The number of rotatable bonds is 12. The van der Waals surface area contributed by atoms with Gasteiger partial charge >= 0.3 is 0 Å². The van der Waals surface area contributed by atoms with Crippen molar-refractivity contribution in [2.24, 2.45) is 32.9 Å². The van der Waals surface area contributed by atoms with Crippen molar-refractivity contribution in [1.29, 1.82) is 10.8 Å². The topological polar surface area (TPSA) is 220 Å². The normalized spacial score (nSPS) is 11.0. The summed E-state index contributed by atoms with van der Waals surface area (Å²) in [7, 11) is 0. The maximum absolute atomic E-state index is 8.87. The fourth-order valence-electron chi connectivity index (χ4n) is 3.89. The van der Waals surface area contributed by atoms with Crippen LogP contribution in [0.15, 0.2) is 46.4 Å². The van der Waals surface area contributed by atoms with E-state index in [0.29, 0.717) is 60.8 Å². The van der Waals surface area contributed by atoms with Gasteiger partial charge in [-0.2, -0.15) is 9.98 Å². The molecule has 0 amide bonds. The molecular weight excluding hydrogens is 516 g/mol. The molecule has 0 heterocycles. The molecule has 14 heteroatoms. The highest BCUT2D eigenvalue weighted by molar-refractivity contribution is 6.07. The van der Waals surface area contributed by atoms with Gasteiger partial charge in [-0.15, -0.1) is 0 Å². The second-order valence-electron chi connectivity index (χ2n) is 8.08. The van der Waals surface area contributed by atoms with Crippen molar-refractivity contribution in [2.75, 3.05) is 36.2 Å². The Kier molecular flexibility index (Phi) is 11.7. The average Bonchev–Trinajstić information content (AvgIpc) is 2.87. The molecule has 218 valence electrons. The Morgan fingerprint density at radius 1 is 0.675 bits per heavy atom. The van der Waals surface area contributed by atoms with Gasteiger partial charge in [0.05, 0.1) is 37.8 Å². The summed E-state index contributed by atoms with van der Waals surface area (Å²) in [4.78, 5) is 10.9. The highest BCUT2D eigenvalue weighted by atomic mass is 16.5. The number of hydrogen-bond donors (Lipinski definition) is 6. The zero-order valence-corrected chi connectivity index (χ0v) is 23.6. The molecule has 0 saturated heterocycles. The average molecular weight is 557 g/mol. The Bertz CT molecular complexity index is 1130. The van der Waals surface area contributed by atoms with E-state index in [9.17, 15) is 0 Å². The molecule has 2 aromatic carbocycles. The molecule has 0 aromatic heterocycles. The number of ether oxygens (including phenoxy) is 4. The summed E-state index contributed by atoms with van der Waals surface area (Å²) in [6, 6.07) is 10.3. The first-order valence-electron chi connectivity index (χ1n) is 12.8. The van der Waals surface area contributed by atoms with E-state index in [-0.39, 0.29) is 23.8 Å². The van der Waals surface area contributed by atoms with Gasteiger partial charge in [0.2, 0.25) is 11.9 Å². The van der Waals surface area contributed by atoms with Gasteiger partial charge in [-0.1, -0.05) is 0 Å². The lowest BCUT2D eigenvalue weighted by Gasteiger charge is -2.39. The van der Waals surface area contributed by atoms with E-state index >= 15 is 0 Å². The van der Waals surface area contributed by atoms with E-state index in [1.807, 2.05) is 27.7 Å². The summed E-state index contributed by atoms with van der Waals surface area (Å²) in [5.74, 6) is 0.543. The molecule has 0 unspecified atom stereocenters. The van der Waals surface area contributed by atoms with E-state index < -0.39 is 6.17 Å². The van der Waals surface area contributed by atoms with Crippen molar-refractivity contribution in [2.45, 2.75) is 40.8 Å². The molecular formula is C26H40N10O4. The van der Waals surface area contributed by atoms with Crippen LogP contribution >= 0.6 is 0 Å². The van der Waals surface area contributed by atoms with Crippen molar-refractivity contribution in [1.82, 2.24) is 0 Å². The van der Waals surface area contributed by atoms with Crippen molar-refractivity contribution in [3.63, 3.8) is 0 Å². The molecule has 40 heavy (non-hydrogen) atoms. The zero-order valence-electron chi connectivity index (χ0n) is 23.6. The summed E-state index contributed by atoms with van der Waals surface area (Å²) >= 11 is 0. The monoisotopic (exact) mass is 556 g/mol. The van der Waals surface area contributed by atoms with E-state index in [4.69, 9.17) is 52.7 Å². The molecule has 10 N–H and O–H groups in total. The van der Waals surface area contributed by atoms with E-state index in [1.165, 1.54) is 9.80 Å². The maximum atomic E-state index is 8.87. The number of benzene rings is 2. The maximum Gasteiger partial charge on any atom is 0.227 e. The number of aliphatic imine (C=N–C) groups is 2. The van der Waals surface area contributed by atoms with Crippen molar-refractivity contribution >= 4 is 35.2 Å². The molecule has 0 aliphatic heterocycles. The predicted octanol–water partition coefficient (Wildman–Crippen LogP) is 2.36. The largest absolute Gasteiger partial charge is 0.494 e. The molecule has 0 radical (unpaired) electrons. The number of nitrogens with zero attached hydrogens (tertiary/aromatic N) is 4. The van der Waals surface area contributed by atoms with E-state index in [1.54, 1.807) is 43.3 Å². The molecule has 0 bridgehead atoms. The van der Waals surface area contributed by atoms with E-state index in [2.05, 4.69) is 9.98 Å². The van der Waals surface area contributed by atoms with Crippen LogP contribution < -0.4 is 51.7 Å². The van der Waals surface area contributed by atoms with Crippen LogP contribution in [-0.2, 0) is 0 Å². The van der Waals surface area contributed by atoms with Crippen LogP contribution in [0.5, 0.6) is 23.0 Å². The van der Waals surface area contributed by atoms with Crippen LogP contribution in [0.2, 0.25) is 0 Å². The number of nitrogens with one attached hydrogen (secondary N) is 2. The standard InChI is InChI=1S/C26H40N10O4/c1-6-37-17-10-12-21(39-8-3)19(14-17)35(25(31)33-23(27)28)16(5)36(26(32)34-24(29)30)20-15-18(38-7-2)11-13-22(20)40-9-4/h10-16H,6-9H2,1-5H3,(H5,27,28,31,33)(H5,29,30,32,34). The Morgan fingerprint density at radius 2 is 1.02 bits per heavy atom. The third-order valence-electron chi connectivity index (χ3n) is 5.28. The fourth-order valence-corrected chi connectivity index (χ4v) is 3.89. The Balaban J connectivity index is 2.90. The quantitative estimate of drug-likeness (QED) is 0.127. The Labute approximate surface area is 234 Å². The van der Waals surface area contributed by atoms with Crippen molar-refractivity contribution in [3.05, 3.63) is 36.4 Å². The molecule has 0 spiro atoms.